The van der Waals surface area contributed by atoms with Crippen LogP contribution < -0.4 is 5.32 Å². The van der Waals surface area contributed by atoms with Crippen molar-refractivity contribution < 1.29 is 0 Å². The van der Waals surface area contributed by atoms with E-state index < -0.39 is 0 Å². The molecule has 108 valence electrons. The van der Waals surface area contributed by atoms with Gasteiger partial charge in [0.1, 0.15) is 27.4 Å². The Hall–Kier alpha value is -1.56. The molecule has 0 radical (unpaired) electrons. The molecule has 1 N–H and O–H groups in total. The molecule has 1 fully saturated rings. The van der Waals surface area contributed by atoms with Gasteiger partial charge in [-0.1, -0.05) is 41.7 Å². The average molecular weight is 319 g/mol. The normalized spacial score (nSPS) is 17.8. The van der Waals surface area contributed by atoms with E-state index in [4.69, 9.17) is 4.98 Å². The van der Waals surface area contributed by atoms with Crippen LogP contribution in [0.15, 0.2) is 36.7 Å². The second kappa shape index (κ2) is 6.05. The summed E-state index contributed by atoms with van der Waals surface area (Å²) in [6.07, 6.45) is 4.01. The van der Waals surface area contributed by atoms with Crippen LogP contribution in [0.3, 0.4) is 0 Å². The quantitative estimate of drug-likeness (QED) is 0.784. The number of halogens is 1. The average Bonchev–Trinajstić information content (AvgIpc) is 3.16. The summed E-state index contributed by atoms with van der Waals surface area (Å²) in [6, 6.07) is 10.6. The lowest BCUT2D eigenvalue weighted by Gasteiger charge is -2.04. The second-order valence-electron chi connectivity index (χ2n) is 4.94. The first-order valence-electron chi connectivity index (χ1n) is 6.82. The number of hydrogen-bond donors (Lipinski definition) is 1. The van der Waals surface area contributed by atoms with Crippen molar-refractivity contribution in [2.24, 2.45) is 0 Å². The molecular formula is C15H15ClN4S. The Morgan fingerprint density at radius 3 is 2.76 bits per heavy atom. The summed E-state index contributed by atoms with van der Waals surface area (Å²) in [5, 5.41) is 4.63. The van der Waals surface area contributed by atoms with Crippen LogP contribution in [0, 0.1) is 0 Å². The highest BCUT2D eigenvalue weighted by Crippen LogP contribution is 2.33. The van der Waals surface area contributed by atoms with Gasteiger partial charge < -0.3 is 5.32 Å². The van der Waals surface area contributed by atoms with Crippen LogP contribution >= 0.6 is 23.7 Å². The first-order chi connectivity index (χ1) is 9.92. The molecule has 0 aliphatic carbocycles. The van der Waals surface area contributed by atoms with Crippen LogP contribution in [-0.2, 0) is 0 Å². The summed E-state index contributed by atoms with van der Waals surface area (Å²) in [7, 11) is 0. The van der Waals surface area contributed by atoms with Gasteiger partial charge in [0.25, 0.3) is 0 Å². The number of thiazole rings is 1. The van der Waals surface area contributed by atoms with Crippen LogP contribution in [0.1, 0.15) is 23.9 Å². The fraction of sp³-hybridized carbons (Fsp3) is 0.267. The SMILES string of the molecule is Cl.c1ccc(-c2ncnc3sc([C@H]4CCCN4)nc23)cc1. The van der Waals surface area contributed by atoms with E-state index in [-0.39, 0.29) is 12.4 Å². The number of benzene rings is 1. The van der Waals surface area contributed by atoms with Gasteiger partial charge in [-0.15, -0.1) is 12.4 Å². The van der Waals surface area contributed by atoms with Gasteiger partial charge in [0.15, 0.2) is 0 Å². The Morgan fingerprint density at radius 2 is 2.00 bits per heavy atom. The molecule has 3 aromatic rings. The lowest BCUT2D eigenvalue weighted by Crippen LogP contribution is -2.12. The zero-order valence-corrected chi connectivity index (χ0v) is 13.0. The number of fused-ring (bicyclic) bond motifs is 1. The zero-order valence-electron chi connectivity index (χ0n) is 11.3. The number of rotatable bonds is 2. The van der Waals surface area contributed by atoms with E-state index in [0.29, 0.717) is 6.04 Å². The molecule has 0 amide bonds. The fourth-order valence-corrected chi connectivity index (χ4v) is 3.64. The lowest BCUT2D eigenvalue weighted by atomic mass is 10.1. The lowest BCUT2D eigenvalue weighted by molar-refractivity contribution is 0.644. The highest BCUT2D eigenvalue weighted by Gasteiger charge is 2.21. The largest absolute Gasteiger partial charge is 0.308 e. The minimum absolute atomic E-state index is 0. The summed E-state index contributed by atoms with van der Waals surface area (Å²) < 4.78 is 0. The smallest absolute Gasteiger partial charge is 0.147 e. The van der Waals surface area contributed by atoms with Crippen molar-refractivity contribution in [3.63, 3.8) is 0 Å². The molecule has 3 heterocycles. The first kappa shape index (κ1) is 14.4. The van der Waals surface area contributed by atoms with Crippen LogP contribution in [0.4, 0.5) is 0 Å². The van der Waals surface area contributed by atoms with E-state index in [9.17, 15) is 0 Å². The molecule has 1 aliphatic rings. The highest BCUT2D eigenvalue weighted by molar-refractivity contribution is 7.18. The Kier molecular flexibility index (Phi) is 4.14. The van der Waals surface area contributed by atoms with Crippen LogP contribution in [0.5, 0.6) is 0 Å². The molecule has 0 bridgehead atoms. The van der Waals surface area contributed by atoms with E-state index in [1.807, 2.05) is 18.2 Å². The second-order valence-corrected chi connectivity index (χ2v) is 5.95. The van der Waals surface area contributed by atoms with Crippen LogP contribution in [-0.4, -0.2) is 21.5 Å². The van der Waals surface area contributed by atoms with E-state index in [1.165, 1.54) is 6.42 Å². The standard InChI is InChI=1S/C15H14N4S.ClH/c1-2-5-10(6-3-1)12-13-15(18-9-17-12)20-14(19-13)11-7-4-8-16-11;/h1-3,5-6,9,11,16H,4,7-8H2;1H/t11-;/m1./s1. The molecule has 0 unspecified atom stereocenters. The van der Waals surface area contributed by atoms with Gasteiger partial charge in [-0.2, -0.15) is 0 Å². The van der Waals surface area contributed by atoms with Gasteiger partial charge in [-0.25, -0.2) is 15.0 Å². The predicted octanol–water partition coefficient (Wildman–Crippen LogP) is 3.60. The molecule has 21 heavy (non-hydrogen) atoms. The first-order valence-corrected chi connectivity index (χ1v) is 7.64. The maximum atomic E-state index is 4.80. The van der Waals surface area contributed by atoms with E-state index in [0.717, 1.165) is 39.6 Å². The van der Waals surface area contributed by atoms with E-state index >= 15 is 0 Å². The number of nitrogens with zero attached hydrogens (tertiary/aromatic N) is 3. The maximum absolute atomic E-state index is 4.80. The van der Waals surface area contributed by atoms with Crippen molar-refractivity contribution in [3.05, 3.63) is 41.7 Å². The van der Waals surface area contributed by atoms with Crippen LogP contribution in [0.2, 0.25) is 0 Å². The molecule has 6 heteroatoms. The van der Waals surface area contributed by atoms with Crippen molar-refractivity contribution in [2.75, 3.05) is 6.54 Å². The molecule has 4 rings (SSSR count). The molecule has 0 saturated carbocycles. The van der Waals surface area contributed by atoms with E-state index in [1.54, 1.807) is 17.7 Å². The summed E-state index contributed by atoms with van der Waals surface area (Å²) in [5.74, 6) is 0. The fourth-order valence-electron chi connectivity index (χ4n) is 2.62. The zero-order chi connectivity index (χ0) is 13.4. The third-order valence-corrected chi connectivity index (χ3v) is 4.69. The molecule has 1 aliphatic heterocycles. The van der Waals surface area contributed by atoms with Crippen LogP contribution in [0.25, 0.3) is 21.6 Å². The molecule has 0 spiro atoms. The minimum Gasteiger partial charge on any atom is -0.308 e. The van der Waals surface area contributed by atoms with Gasteiger partial charge in [-0.3, -0.25) is 0 Å². The Morgan fingerprint density at radius 1 is 1.14 bits per heavy atom. The van der Waals surface area contributed by atoms with Crippen molar-refractivity contribution in [1.29, 1.82) is 0 Å². The van der Waals surface area contributed by atoms with Gasteiger partial charge >= 0.3 is 0 Å². The topological polar surface area (TPSA) is 50.7 Å². The summed E-state index contributed by atoms with van der Waals surface area (Å²) in [4.78, 5) is 14.6. The molecule has 2 aromatic heterocycles. The van der Waals surface area contributed by atoms with Crippen molar-refractivity contribution in [2.45, 2.75) is 18.9 Å². The number of nitrogens with one attached hydrogen (secondary N) is 1. The Bertz CT molecular complexity index is 738. The maximum Gasteiger partial charge on any atom is 0.147 e. The summed E-state index contributed by atoms with van der Waals surface area (Å²) in [6.45, 7) is 1.08. The molecular weight excluding hydrogens is 304 g/mol. The van der Waals surface area contributed by atoms with Gasteiger partial charge in [0.05, 0.1) is 6.04 Å². The molecule has 1 aromatic carbocycles. The van der Waals surface area contributed by atoms with Crippen molar-refractivity contribution in [1.82, 2.24) is 20.3 Å². The van der Waals surface area contributed by atoms with Crippen molar-refractivity contribution >= 4 is 34.1 Å². The Labute approximate surface area is 133 Å². The van der Waals surface area contributed by atoms with Gasteiger partial charge in [-0.05, 0) is 19.4 Å². The number of hydrogen-bond acceptors (Lipinski definition) is 5. The third-order valence-electron chi connectivity index (χ3n) is 3.62. The highest BCUT2D eigenvalue weighted by atomic mass is 35.5. The molecule has 1 atom stereocenters. The third kappa shape index (κ3) is 2.64. The molecule has 1 saturated heterocycles. The van der Waals surface area contributed by atoms with E-state index in [2.05, 4.69) is 27.4 Å². The van der Waals surface area contributed by atoms with Gasteiger partial charge in [0.2, 0.25) is 0 Å². The van der Waals surface area contributed by atoms with Gasteiger partial charge in [0, 0.05) is 5.56 Å². The van der Waals surface area contributed by atoms with Crippen molar-refractivity contribution in [3.8, 4) is 11.3 Å². The Balaban J connectivity index is 0.00000132. The minimum atomic E-state index is 0. The molecule has 4 nitrogen and oxygen atoms in total. The monoisotopic (exact) mass is 318 g/mol. The summed E-state index contributed by atoms with van der Waals surface area (Å²) >= 11 is 1.68. The predicted molar refractivity (Wildman–Crippen MR) is 87.9 cm³/mol. The summed E-state index contributed by atoms with van der Waals surface area (Å²) in [5.41, 5.74) is 2.94. The number of aromatic nitrogens is 3.